The van der Waals surface area contributed by atoms with E-state index in [0.29, 0.717) is 0 Å². The summed E-state index contributed by atoms with van der Waals surface area (Å²) in [7, 11) is 0. The number of isocyanates is 1. The summed E-state index contributed by atoms with van der Waals surface area (Å²) in [5.74, 6) is -0.597. The van der Waals surface area contributed by atoms with Gasteiger partial charge in [-0.25, -0.2) is 9.59 Å². The van der Waals surface area contributed by atoms with E-state index in [1.807, 2.05) is 20.8 Å². The number of hydrogen-bond acceptors (Lipinski definition) is 7. The third-order valence-electron chi connectivity index (χ3n) is 1.60. The molecular formula is C11H14N2O4S. The van der Waals surface area contributed by atoms with Crippen LogP contribution < -0.4 is 4.74 Å². The highest BCUT2D eigenvalue weighted by Crippen LogP contribution is 2.33. The SMILES string of the molecule is CCOC(=O)c1sc(OC(C)(C)C)nc1N=C=O. The summed E-state index contributed by atoms with van der Waals surface area (Å²) in [5.41, 5.74) is -0.452. The molecular weight excluding hydrogens is 256 g/mol. The maximum atomic E-state index is 11.6. The minimum Gasteiger partial charge on any atom is -0.464 e. The Hall–Kier alpha value is -1.72. The lowest BCUT2D eigenvalue weighted by atomic mass is 10.2. The zero-order chi connectivity index (χ0) is 13.8. The highest BCUT2D eigenvalue weighted by atomic mass is 32.1. The van der Waals surface area contributed by atoms with E-state index >= 15 is 0 Å². The van der Waals surface area contributed by atoms with Crippen molar-refractivity contribution >= 4 is 29.2 Å². The topological polar surface area (TPSA) is 77.8 Å². The summed E-state index contributed by atoms with van der Waals surface area (Å²) < 4.78 is 10.4. The molecule has 18 heavy (non-hydrogen) atoms. The summed E-state index contributed by atoms with van der Waals surface area (Å²) in [6, 6.07) is 0. The van der Waals surface area contributed by atoms with Gasteiger partial charge >= 0.3 is 5.97 Å². The van der Waals surface area contributed by atoms with Crippen molar-refractivity contribution < 1.29 is 19.1 Å². The molecule has 0 N–H and O–H groups in total. The van der Waals surface area contributed by atoms with Crippen LogP contribution in [0.4, 0.5) is 5.82 Å². The van der Waals surface area contributed by atoms with E-state index in [9.17, 15) is 9.59 Å². The van der Waals surface area contributed by atoms with Crippen LogP contribution in [-0.2, 0) is 9.53 Å². The highest BCUT2D eigenvalue weighted by molar-refractivity contribution is 7.15. The van der Waals surface area contributed by atoms with E-state index in [0.717, 1.165) is 11.3 Å². The van der Waals surface area contributed by atoms with Crippen LogP contribution in [0.3, 0.4) is 0 Å². The molecule has 0 aromatic carbocycles. The summed E-state index contributed by atoms with van der Waals surface area (Å²) in [4.78, 5) is 29.4. The molecule has 7 heteroatoms. The van der Waals surface area contributed by atoms with Gasteiger partial charge in [0.05, 0.1) is 6.61 Å². The number of hydrogen-bond donors (Lipinski definition) is 0. The molecule has 0 radical (unpaired) electrons. The van der Waals surface area contributed by atoms with Crippen molar-refractivity contribution in [1.82, 2.24) is 4.98 Å². The number of carbonyl (C=O) groups excluding carboxylic acids is 2. The third kappa shape index (κ3) is 3.94. The zero-order valence-corrected chi connectivity index (χ0v) is 11.5. The van der Waals surface area contributed by atoms with Gasteiger partial charge < -0.3 is 9.47 Å². The molecule has 0 aliphatic rings. The summed E-state index contributed by atoms with van der Waals surface area (Å²) >= 11 is 0.994. The largest absolute Gasteiger partial charge is 0.464 e. The smallest absolute Gasteiger partial charge is 0.352 e. The molecule has 98 valence electrons. The molecule has 1 aromatic rings. The number of esters is 1. The molecule has 0 unspecified atom stereocenters. The van der Waals surface area contributed by atoms with Gasteiger partial charge in [0.15, 0.2) is 10.7 Å². The van der Waals surface area contributed by atoms with Crippen molar-refractivity contribution in [2.75, 3.05) is 6.61 Å². The van der Waals surface area contributed by atoms with Gasteiger partial charge in [0.2, 0.25) is 6.08 Å². The van der Waals surface area contributed by atoms with Crippen molar-refractivity contribution in [2.45, 2.75) is 33.3 Å². The Bertz CT molecular complexity index is 484. The Balaban J connectivity index is 3.08. The van der Waals surface area contributed by atoms with E-state index in [4.69, 9.17) is 9.47 Å². The maximum Gasteiger partial charge on any atom is 0.352 e. The molecule has 0 amide bonds. The molecule has 0 bridgehead atoms. The number of carbonyl (C=O) groups is 1. The molecule has 1 rings (SSSR count). The van der Waals surface area contributed by atoms with Crippen LogP contribution >= 0.6 is 11.3 Å². The van der Waals surface area contributed by atoms with E-state index in [1.54, 1.807) is 6.92 Å². The number of rotatable bonds is 4. The quantitative estimate of drug-likeness (QED) is 0.477. The Morgan fingerprint density at radius 3 is 2.67 bits per heavy atom. The zero-order valence-electron chi connectivity index (χ0n) is 10.6. The second kappa shape index (κ2) is 5.75. The first-order valence-electron chi connectivity index (χ1n) is 5.32. The Morgan fingerprint density at radius 2 is 2.17 bits per heavy atom. The monoisotopic (exact) mass is 270 g/mol. The molecule has 0 aliphatic heterocycles. The Morgan fingerprint density at radius 1 is 1.50 bits per heavy atom. The van der Waals surface area contributed by atoms with Crippen molar-refractivity contribution in [3.8, 4) is 5.19 Å². The van der Waals surface area contributed by atoms with Gasteiger partial charge in [0.25, 0.3) is 5.19 Å². The first-order valence-corrected chi connectivity index (χ1v) is 6.14. The van der Waals surface area contributed by atoms with Crippen LogP contribution in [0, 0.1) is 0 Å². The average Bonchev–Trinajstić information content (AvgIpc) is 2.59. The van der Waals surface area contributed by atoms with Gasteiger partial charge in [-0.3, -0.25) is 0 Å². The predicted octanol–water partition coefficient (Wildman–Crippen LogP) is 2.46. The number of aromatic nitrogens is 1. The molecule has 0 aliphatic carbocycles. The van der Waals surface area contributed by atoms with Gasteiger partial charge in [-0.1, -0.05) is 11.3 Å². The first-order chi connectivity index (χ1) is 8.37. The van der Waals surface area contributed by atoms with Crippen LogP contribution in [0.15, 0.2) is 4.99 Å². The summed E-state index contributed by atoms with van der Waals surface area (Å²) in [6.07, 6.45) is 1.35. The van der Waals surface area contributed by atoms with E-state index < -0.39 is 11.6 Å². The van der Waals surface area contributed by atoms with Crippen molar-refractivity contribution in [3.05, 3.63) is 4.88 Å². The second-order valence-corrected chi connectivity index (χ2v) is 5.23. The number of nitrogens with zero attached hydrogens (tertiary/aromatic N) is 2. The first kappa shape index (κ1) is 14.3. The summed E-state index contributed by atoms with van der Waals surface area (Å²) in [5, 5.41) is 0.263. The van der Waals surface area contributed by atoms with Crippen LogP contribution in [0.1, 0.15) is 37.4 Å². The van der Waals surface area contributed by atoms with Crippen LogP contribution in [0.5, 0.6) is 5.19 Å². The maximum absolute atomic E-state index is 11.6. The van der Waals surface area contributed by atoms with E-state index in [2.05, 4.69) is 9.98 Å². The molecule has 0 fully saturated rings. The van der Waals surface area contributed by atoms with E-state index in [1.165, 1.54) is 6.08 Å². The summed E-state index contributed by atoms with van der Waals surface area (Å²) in [6.45, 7) is 7.47. The molecule has 0 spiro atoms. The fraction of sp³-hybridized carbons (Fsp3) is 0.545. The molecule has 1 aromatic heterocycles. The second-order valence-electron chi connectivity index (χ2n) is 4.27. The number of thiazole rings is 1. The molecule has 0 saturated heterocycles. The van der Waals surface area contributed by atoms with Gasteiger partial charge in [-0.2, -0.15) is 4.98 Å². The number of aliphatic imine (C=N–C) groups is 1. The lowest BCUT2D eigenvalue weighted by molar-refractivity contribution is 0.0532. The van der Waals surface area contributed by atoms with Crippen LogP contribution in [-0.4, -0.2) is 29.2 Å². The number of ether oxygens (including phenoxy) is 2. The van der Waals surface area contributed by atoms with Gasteiger partial charge in [0, 0.05) is 0 Å². The van der Waals surface area contributed by atoms with Gasteiger partial charge in [-0.05, 0) is 27.7 Å². The highest BCUT2D eigenvalue weighted by Gasteiger charge is 2.22. The lowest BCUT2D eigenvalue weighted by Crippen LogP contribution is -2.22. The molecule has 0 atom stereocenters. The normalized spacial score (nSPS) is 10.7. The minimum atomic E-state index is -0.576. The fourth-order valence-electron chi connectivity index (χ4n) is 1.05. The van der Waals surface area contributed by atoms with Crippen LogP contribution in [0.25, 0.3) is 0 Å². The lowest BCUT2D eigenvalue weighted by Gasteiger charge is -2.18. The fourth-order valence-corrected chi connectivity index (χ4v) is 1.97. The average molecular weight is 270 g/mol. The van der Waals surface area contributed by atoms with Crippen LogP contribution in [0.2, 0.25) is 0 Å². The predicted molar refractivity (Wildman–Crippen MR) is 66.2 cm³/mol. The molecule has 0 saturated carbocycles. The van der Waals surface area contributed by atoms with Gasteiger partial charge in [-0.15, -0.1) is 4.99 Å². The molecule has 6 nitrogen and oxygen atoms in total. The van der Waals surface area contributed by atoms with Crippen molar-refractivity contribution in [3.63, 3.8) is 0 Å². The standard InChI is InChI=1S/C11H14N2O4S/c1-5-16-9(15)7-8(12-6-14)13-10(18-7)17-11(2,3)4/h5H2,1-4H3. The van der Waals surface area contributed by atoms with Crippen molar-refractivity contribution in [2.24, 2.45) is 4.99 Å². The Labute approximate surface area is 109 Å². The minimum absolute atomic E-state index is 0.0206. The third-order valence-corrected chi connectivity index (χ3v) is 2.50. The van der Waals surface area contributed by atoms with E-state index in [-0.39, 0.29) is 22.5 Å². The van der Waals surface area contributed by atoms with Gasteiger partial charge in [0.1, 0.15) is 5.60 Å². The van der Waals surface area contributed by atoms with Crippen molar-refractivity contribution in [1.29, 1.82) is 0 Å². The Kier molecular flexibility index (Phi) is 4.58. The molecule has 1 heterocycles.